The van der Waals surface area contributed by atoms with Gasteiger partial charge >= 0.3 is 0 Å². The van der Waals surface area contributed by atoms with Gasteiger partial charge in [0.15, 0.2) is 0 Å². The number of furan rings is 1. The van der Waals surface area contributed by atoms with Gasteiger partial charge in [0.1, 0.15) is 11.5 Å². The van der Waals surface area contributed by atoms with Gasteiger partial charge in [0.2, 0.25) is 0 Å². The average molecular weight is 335 g/mol. The third-order valence-electron chi connectivity index (χ3n) is 3.93. The van der Waals surface area contributed by atoms with E-state index in [0.29, 0.717) is 18.0 Å². The largest absolute Gasteiger partial charge is 0.467 e. The van der Waals surface area contributed by atoms with E-state index in [0.717, 1.165) is 17.9 Å². The highest BCUT2D eigenvalue weighted by Gasteiger charge is 2.11. The molecule has 5 nitrogen and oxygen atoms in total. The fourth-order valence-corrected chi connectivity index (χ4v) is 2.66. The van der Waals surface area contributed by atoms with Crippen molar-refractivity contribution in [2.75, 3.05) is 11.4 Å². The lowest BCUT2D eigenvalue weighted by atomic mass is 10.2. The van der Waals surface area contributed by atoms with Crippen LogP contribution in [0.5, 0.6) is 0 Å². The lowest BCUT2D eigenvalue weighted by molar-refractivity contribution is 0.0943. The third-order valence-corrected chi connectivity index (χ3v) is 3.93. The van der Waals surface area contributed by atoms with Gasteiger partial charge in [0, 0.05) is 12.2 Å². The van der Waals surface area contributed by atoms with Gasteiger partial charge in [0.25, 0.3) is 5.91 Å². The predicted octanol–water partition coefficient (Wildman–Crippen LogP) is 4.07. The van der Waals surface area contributed by atoms with Crippen LogP contribution < -0.4 is 10.2 Å². The molecule has 3 aromatic rings. The molecule has 2 heterocycles. The first-order valence-electron chi connectivity index (χ1n) is 8.28. The molecule has 1 N–H and O–H groups in total. The molecule has 1 amide bonds. The van der Waals surface area contributed by atoms with Gasteiger partial charge in [-0.05, 0) is 55.8 Å². The summed E-state index contributed by atoms with van der Waals surface area (Å²) in [6.45, 7) is 5.32. The second kappa shape index (κ2) is 7.66. The third kappa shape index (κ3) is 4.07. The highest BCUT2D eigenvalue weighted by Crippen LogP contribution is 2.25. The molecular weight excluding hydrogens is 314 g/mol. The van der Waals surface area contributed by atoms with Crippen molar-refractivity contribution in [3.63, 3.8) is 0 Å². The summed E-state index contributed by atoms with van der Waals surface area (Å²) in [6.07, 6.45) is 3.31. The van der Waals surface area contributed by atoms with E-state index in [1.54, 1.807) is 24.6 Å². The molecule has 5 heteroatoms. The van der Waals surface area contributed by atoms with Crippen molar-refractivity contribution in [2.24, 2.45) is 0 Å². The summed E-state index contributed by atoms with van der Waals surface area (Å²) in [7, 11) is 0. The Labute approximate surface area is 147 Å². The molecule has 0 unspecified atom stereocenters. The van der Waals surface area contributed by atoms with Crippen LogP contribution in [0, 0.1) is 6.92 Å². The van der Waals surface area contributed by atoms with E-state index in [-0.39, 0.29) is 5.91 Å². The van der Waals surface area contributed by atoms with Crippen LogP contribution in [0.2, 0.25) is 0 Å². The van der Waals surface area contributed by atoms with Gasteiger partial charge < -0.3 is 14.6 Å². The zero-order chi connectivity index (χ0) is 17.6. The number of aromatic nitrogens is 1. The Morgan fingerprint density at radius 2 is 2.04 bits per heavy atom. The maximum atomic E-state index is 12.2. The van der Waals surface area contributed by atoms with Crippen molar-refractivity contribution in [2.45, 2.75) is 20.4 Å². The molecule has 2 aromatic heterocycles. The normalized spacial score (nSPS) is 10.5. The number of carbonyl (C=O) groups is 1. The number of anilines is 2. The van der Waals surface area contributed by atoms with Crippen molar-refractivity contribution in [1.29, 1.82) is 0 Å². The number of nitrogens with one attached hydrogen (secondary N) is 1. The SMILES string of the molecule is CCN(c1ccc(C(=O)NCc2ccco2)nc1)c1cccc(C)c1. The fourth-order valence-electron chi connectivity index (χ4n) is 2.66. The van der Waals surface area contributed by atoms with Crippen molar-refractivity contribution in [3.05, 3.63) is 78.0 Å². The van der Waals surface area contributed by atoms with Gasteiger partial charge in [0.05, 0.1) is 24.7 Å². The summed E-state index contributed by atoms with van der Waals surface area (Å²) >= 11 is 0. The first kappa shape index (κ1) is 16.8. The van der Waals surface area contributed by atoms with E-state index >= 15 is 0 Å². The van der Waals surface area contributed by atoms with Crippen molar-refractivity contribution >= 4 is 17.3 Å². The molecule has 0 radical (unpaired) electrons. The lowest BCUT2D eigenvalue weighted by Crippen LogP contribution is -2.24. The van der Waals surface area contributed by atoms with Crippen molar-refractivity contribution in [1.82, 2.24) is 10.3 Å². The maximum absolute atomic E-state index is 12.2. The Morgan fingerprint density at radius 3 is 2.68 bits per heavy atom. The molecule has 0 aliphatic heterocycles. The Hall–Kier alpha value is -3.08. The smallest absolute Gasteiger partial charge is 0.270 e. The average Bonchev–Trinajstić information content (AvgIpc) is 3.15. The molecular formula is C20H21N3O2. The summed E-state index contributed by atoms with van der Waals surface area (Å²) in [5.41, 5.74) is 3.66. The van der Waals surface area contributed by atoms with Crippen molar-refractivity contribution in [3.8, 4) is 0 Å². The van der Waals surface area contributed by atoms with E-state index in [2.05, 4.69) is 47.2 Å². The van der Waals surface area contributed by atoms with Gasteiger partial charge in [-0.3, -0.25) is 4.79 Å². The zero-order valence-corrected chi connectivity index (χ0v) is 14.4. The minimum absolute atomic E-state index is 0.221. The lowest BCUT2D eigenvalue weighted by Gasteiger charge is -2.23. The Kier molecular flexibility index (Phi) is 5.14. The number of carbonyl (C=O) groups excluding carboxylic acids is 1. The molecule has 0 saturated carbocycles. The van der Waals surface area contributed by atoms with Gasteiger partial charge in [-0.25, -0.2) is 4.98 Å². The standard InChI is InChI=1S/C20H21N3O2/c1-3-23(16-7-4-6-15(2)12-16)17-9-10-19(21-13-17)20(24)22-14-18-8-5-11-25-18/h4-13H,3,14H2,1-2H3,(H,22,24). The number of hydrogen-bond acceptors (Lipinski definition) is 4. The number of rotatable bonds is 6. The van der Waals surface area contributed by atoms with Crippen LogP contribution in [-0.2, 0) is 6.54 Å². The Balaban J connectivity index is 1.71. The molecule has 0 saturated heterocycles. The van der Waals surface area contributed by atoms with Crippen LogP contribution >= 0.6 is 0 Å². The van der Waals surface area contributed by atoms with Gasteiger partial charge in [-0.15, -0.1) is 0 Å². The molecule has 25 heavy (non-hydrogen) atoms. The summed E-state index contributed by atoms with van der Waals surface area (Å²) in [4.78, 5) is 18.6. The Morgan fingerprint density at radius 1 is 1.16 bits per heavy atom. The molecule has 0 bridgehead atoms. The number of amides is 1. The number of benzene rings is 1. The van der Waals surface area contributed by atoms with Gasteiger partial charge in [-0.2, -0.15) is 0 Å². The summed E-state index contributed by atoms with van der Waals surface area (Å²) in [5, 5.41) is 2.79. The highest BCUT2D eigenvalue weighted by molar-refractivity contribution is 5.92. The number of aryl methyl sites for hydroxylation is 1. The second-order valence-electron chi connectivity index (χ2n) is 5.75. The topological polar surface area (TPSA) is 58.4 Å². The summed E-state index contributed by atoms with van der Waals surface area (Å²) < 4.78 is 5.20. The number of hydrogen-bond donors (Lipinski definition) is 1. The molecule has 0 fully saturated rings. The molecule has 128 valence electrons. The number of nitrogens with zero attached hydrogens (tertiary/aromatic N) is 2. The highest BCUT2D eigenvalue weighted by atomic mass is 16.3. The minimum Gasteiger partial charge on any atom is -0.467 e. The van der Waals surface area contributed by atoms with Crippen LogP contribution in [0.15, 0.2) is 65.4 Å². The Bertz CT molecular complexity index is 826. The zero-order valence-electron chi connectivity index (χ0n) is 14.4. The fraction of sp³-hybridized carbons (Fsp3) is 0.200. The predicted molar refractivity (Wildman–Crippen MR) is 98.0 cm³/mol. The summed E-state index contributed by atoms with van der Waals surface area (Å²) in [5.74, 6) is 0.489. The van der Waals surface area contributed by atoms with Crippen LogP contribution in [0.4, 0.5) is 11.4 Å². The quantitative estimate of drug-likeness (QED) is 0.738. The first-order chi connectivity index (χ1) is 12.2. The molecule has 1 aromatic carbocycles. The maximum Gasteiger partial charge on any atom is 0.270 e. The van der Waals surface area contributed by atoms with E-state index < -0.39 is 0 Å². The molecule has 0 atom stereocenters. The van der Waals surface area contributed by atoms with E-state index in [1.807, 2.05) is 18.2 Å². The van der Waals surface area contributed by atoms with E-state index in [9.17, 15) is 4.79 Å². The minimum atomic E-state index is -0.221. The van der Waals surface area contributed by atoms with E-state index in [1.165, 1.54) is 5.56 Å². The summed E-state index contributed by atoms with van der Waals surface area (Å²) in [6, 6.07) is 15.6. The van der Waals surface area contributed by atoms with Crippen LogP contribution in [0.1, 0.15) is 28.7 Å². The molecule has 0 aliphatic rings. The second-order valence-corrected chi connectivity index (χ2v) is 5.75. The molecule has 0 spiro atoms. The molecule has 3 rings (SSSR count). The van der Waals surface area contributed by atoms with Crippen LogP contribution in [0.25, 0.3) is 0 Å². The number of pyridine rings is 1. The first-order valence-corrected chi connectivity index (χ1v) is 8.28. The van der Waals surface area contributed by atoms with E-state index in [4.69, 9.17) is 4.42 Å². The van der Waals surface area contributed by atoms with Gasteiger partial charge in [-0.1, -0.05) is 12.1 Å². The van der Waals surface area contributed by atoms with Crippen LogP contribution in [0.3, 0.4) is 0 Å². The van der Waals surface area contributed by atoms with Crippen LogP contribution in [-0.4, -0.2) is 17.4 Å². The monoisotopic (exact) mass is 335 g/mol. The van der Waals surface area contributed by atoms with Crippen molar-refractivity contribution < 1.29 is 9.21 Å². The molecule has 0 aliphatic carbocycles.